The van der Waals surface area contributed by atoms with Gasteiger partial charge in [0.1, 0.15) is 0 Å². The maximum atomic E-state index is 8.97. The van der Waals surface area contributed by atoms with Gasteiger partial charge in [0.05, 0.1) is 0 Å². The summed E-state index contributed by atoms with van der Waals surface area (Å²) < 4.78 is 50.4. The third-order valence-corrected chi connectivity index (χ3v) is 0. The summed E-state index contributed by atoms with van der Waals surface area (Å²) in [6, 6.07) is 0. The van der Waals surface area contributed by atoms with Gasteiger partial charge in [0.2, 0.25) is 0 Å². The molecular formula is H6N2O6PbS2. The molecule has 0 saturated heterocycles. The van der Waals surface area contributed by atoms with Gasteiger partial charge in [-0.05, 0) is 0 Å². The van der Waals surface area contributed by atoms with Crippen molar-refractivity contribution in [3.05, 3.63) is 0 Å². The minimum absolute atomic E-state index is 0. The van der Waals surface area contributed by atoms with E-state index in [-0.39, 0.29) is 27.3 Å². The van der Waals surface area contributed by atoms with Crippen molar-refractivity contribution in [2.24, 2.45) is 10.3 Å². The molecule has 0 aromatic rings. The Hall–Kier alpha value is 0.662. The number of hydrogen-bond donors (Lipinski definition) is 4. The number of nitrogens with two attached hydrogens (primary N) is 2. The molecule has 0 fully saturated rings. The molecule has 0 bridgehead atoms. The number of rotatable bonds is 0. The van der Waals surface area contributed by atoms with Crippen LogP contribution in [0.3, 0.4) is 0 Å². The van der Waals surface area contributed by atoms with Crippen molar-refractivity contribution in [3.63, 3.8) is 0 Å². The van der Waals surface area contributed by atoms with Crippen molar-refractivity contribution in [2.45, 2.75) is 0 Å². The molecule has 68 valence electrons. The average molecular weight is 401 g/mol. The molecule has 0 aliphatic carbocycles. The fraction of sp³-hybridized carbons (Fsp3) is 0. The fourth-order valence-corrected chi connectivity index (χ4v) is 0. The molecule has 0 unspecified atom stereocenters. The van der Waals surface area contributed by atoms with E-state index in [1.165, 1.54) is 0 Å². The summed E-state index contributed by atoms with van der Waals surface area (Å²) in [5.41, 5.74) is 0. The molecule has 11 heavy (non-hydrogen) atoms. The second-order valence-electron chi connectivity index (χ2n) is 1.03. The molecular weight excluding hydrogens is 395 g/mol. The van der Waals surface area contributed by atoms with E-state index in [0.717, 1.165) is 0 Å². The van der Waals surface area contributed by atoms with Gasteiger partial charge in [-0.3, -0.25) is 9.11 Å². The molecule has 8 nitrogen and oxygen atoms in total. The first-order valence-corrected chi connectivity index (χ1v) is 4.51. The zero-order chi connectivity index (χ0) is 9.00. The van der Waals surface area contributed by atoms with Crippen LogP contribution in [0.15, 0.2) is 0 Å². The Morgan fingerprint density at radius 2 is 0.818 bits per heavy atom. The smallest absolute Gasteiger partial charge is 0.274 e. The third kappa shape index (κ3) is 1830. The Balaban J connectivity index is -0.000000107. The Labute approximate surface area is 83.9 Å². The van der Waals surface area contributed by atoms with Crippen LogP contribution in [0.4, 0.5) is 0 Å². The average Bonchev–Trinajstić information content (AvgIpc) is 1.12. The van der Waals surface area contributed by atoms with E-state index in [2.05, 4.69) is 10.3 Å². The SMILES string of the molecule is NS(=O)(=O)O.NS(=O)(=O)O.[Pb]. The van der Waals surface area contributed by atoms with Crippen LogP contribution in [0.1, 0.15) is 0 Å². The first kappa shape index (κ1) is 17.7. The van der Waals surface area contributed by atoms with Crippen molar-refractivity contribution in [1.82, 2.24) is 0 Å². The summed E-state index contributed by atoms with van der Waals surface area (Å²) in [6.07, 6.45) is 0. The molecule has 11 heteroatoms. The van der Waals surface area contributed by atoms with E-state index in [4.69, 9.17) is 25.9 Å². The van der Waals surface area contributed by atoms with Crippen molar-refractivity contribution in [3.8, 4) is 0 Å². The summed E-state index contributed by atoms with van der Waals surface area (Å²) in [7, 11) is -8.33. The quantitative estimate of drug-likeness (QED) is 0.252. The van der Waals surface area contributed by atoms with Crippen LogP contribution in [0.25, 0.3) is 0 Å². The number of hydrogen-bond acceptors (Lipinski definition) is 4. The van der Waals surface area contributed by atoms with Crippen LogP contribution in [-0.4, -0.2) is 53.2 Å². The molecule has 6 N–H and O–H groups in total. The van der Waals surface area contributed by atoms with Gasteiger partial charge >= 0.3 is 20.6 Å². The second kappa shape index (κ2) is 6.21. The summed E-state index contributed by atoms with van der Waals surface area (Å²) in [5, 5.41) is 7.76. The van der Waals surface area contributed by atoms with Gasteiger partial charge in [0.15, 0.2) is 0 Å². The van der Waals surface area contributed by atoms with Crippen LogP contribution in [0, 0.1) is 0 Å². The molecule has 0 atom stereocenters. The van der Waals surface area contributed by atoms with Crippen molar-refractivity contribution in [1.29, 1.82) is 0 Å². The molecule has 0 rings (SSSR count). The summed E-state index contributed by atoms with van der Waals surface area (Å²) >= 11 is 0. The molecule has 0 amide bonds. The van der Waals surface area contributed by atoms with Gasteiger partial charge in [-0.1, -0.05) is 0 Å². The summed E-state index contributed by atoms with van der Waals surface area (Å²) in [5.74, 6) is 0. The maximum Gasteiger partial charge on any atom is 0.330 e. The Morgan fingerprint density at radius 1 is 0.818 bits per heavy atom. The van der Waals surface area contributed by atoms with Gasteiger partial charge in [0, 0.05) is 27.3 Å². The third-order valence-electron chi connectivity index (χ3n) is 0. The summed E-state index contributed by atoms with van der Waals surface area (Å²) in [6.45, 7) is 0. The first-order valence-electron chi connectivity index (χ1n) is 1.50. The van der Waals surface area contributed by atoms with Gasteiger partial charge in [-0.2, -0.15) is 16.8 Å². The molecule has 0 aliphatic rings. The van der Waals surface area contributed by atoms with Crippen LogP contribution in [0.5, 0.6) is 0 Å². The van der Waals surface area contributed by atoms with Crippen LogP contribution in [-0.2, 0) is 20.6 Å². The van der Waals surface area contributed by atoms with E-state index in [9.17, 15) is 0 Å². The monoisotopic (exact) mass is 402 g/mol. The van der Waals surface area contributed by atoms with E-state index < -0.39 is 20.6 Å². The largest absolute Gasteiger partial charge is 0.330 e. The maximum absolute atomic E-state index is 8.97. The predicted octanol–water partition coefficient (Wildman–Crippen LogP) is -2.88. The van der Waals surface area contributed by atoms with Crippen molar-refractivity contribution >= 4 is 47.9 Å². The molecule has 0 saturated carbocycles. The van der Waals surface area contributed by atoms with Crippen molar-refractivity contribution < 1.29 is 25.9 Å². The normalized spacial score (nSPS) is 10.5. The standard InChI is InChI=1S/2H3NO3S.Pb/c2*1-5(2,3)4;/h2*(H3,1,2,3,4);. The minimum Gasteiger partial charge on any atom is -0.274 e. The zero-order valence-electron chi connectivity index (χ0n) is 5.00. The predicted molar refractivity (Wildman–Crippen MR) is 37.2 cm³/mol. The topological polar surface area (TPSA) is 161 Å². The molecule has 0 aromatic heterocycles. The molecule has 4 radical (unpaired) electrons. The first-order chi connectivity index (χ1) is 4.00. The second-order valence-corrected chi connectivity index (χ2v) is 3.09. The van der Waals surface area contributed by atoms with Crippen LogP contribution in [0.2, 0.25) is 0 Å². The molecule has 0 aliphatic heterocycles. The van der Waals surface area contributed by atoms with Crippen LogP contribution < -0.4 is 10.3 Å². The fourth-order valence-electron chi connectivity index (χ4n) is 0. The molecule has 0 heterocycles. The van der Waals surface area contributed by atoms with Gasteiger partial charge in [-0.15, -0.1) is 0 Å². The summed E-state index contributed by atoms with van der Waals surface area (Å²) in [4.78, 5) is 0. The van der Waals surface area contributed by atoms with Gasteiger partial charge < -0.3 is 0 Å². The van der Waals surface area contributed by atoms with E-state index in [1.807, 2.05) is 0 Å². The molecule has 0 aromatic carbocycles. The van der Waals surface area contributed by atoms with Gasteiger partial charge in [-0.25, -0.2) is 10.3 Å². The zero-order valence-corrected chi connectivity index (χ0v) is 10.5. The van der Waals surface area contributed by atoms with Crippen LogP contribution >= 0.6 is 0 Å². The Bertz CT molecular complexity index is 215. The van der Waals surface area contributed by atoms with E-state index >= 15 is 0 Å². The molecule has 0 spiro atoms. The minimum atomic E-state index is -4.17. The van der Waals surface area contributed by atoms with E-state index in [0.29, 0.717) is 0 Å². The Kier molecular flexibility index (Phi) is 9.97. The van der Waals surface area contributed by atoms with Crippen molar-refractivity contribution in [2.75, 3.05) is 0 Å². The Morgan fingerprint density at radius 3 is 0.818 bits per heavy atom. The van der Waals surface area contributed by atoms with E-state index in [1.54, 1.807) is 0 Å². The van der Waals surface area contributed by atoms with Gasteiger partial charge in [0.25, 0.3) is 0 Å².